The van der Waals surface area contributed by atoms with Crippen molar-refractivity contribution in [3.63, 3.8) is 0 Å². The van der Waals surface area contributed by atoms with Gasteiger partial charge in [-0.3, -0.25) is 0 Å². The number of rotatable bonds is 9. The van der Waals surface area contributed by atoms with E-state index in [0.29, 0.717) is 49.3 Å². The van der Waals surface area contributed by atoms with Crippen LogP contribution in [-0.2, 0) is 24.1 Å². The van der Waals surface area contributed by atoms with E-state index in [1.807, 2.05) is 19.1 Å². The Bertz CT molecular complexity index is 1310. The maximum atomic E-state index is 13.1. The Balaban J connectivity index is 1.48. The predicted octanol–water partition coefficient (Wildman–Crippen LogP) is 5.92. The van der Waals surface area contributed by atoms with Gasteiger partial charge in [-0.15, -0.1) is 0 Å². The molecule has 2 aromatic carbocycles. The second-order valence-corrected chi connectivity index (χ2v) is 8.46. The molecule has 0 radical (unpaired) electrons. The van der Waals surface area contributed by atoms with Crippen molar-refractivity contribution in [1.82, 2.24) is 4.57 Å². The summed E-state index contributed by atoms with van der Waals surface area (Å²) in [6.07, 6.45) is -0.0474. The molecule has 0 saturated carbocycles. The Labute approximate surface area is 201 Å². The van der Waals surface area contributed by atoms with Crippen LogP contribution in [0.1, 0.15) is 53.7 Å². The van der Waals surface area contributed by atoms with Gasteiger partial charge >= 0.3 is 17.9 Å². The molecule has 0 amide bonds. The number of fused-ring (bicyclic) bond motifs is 2. The van der Waals surface area contributed by atoms with Gasteiger partial charge < -0.3 is 19.2 Å². The summed E-state index contributed by atoms with van der Waals surface area (Å²) in [5.41, 5.74) is 1.97. The van der Waals surface area contributed by atoms with E-state index < -0.39 is 11.9 Å². The summed E-state index contributed by atoms with van der Waals surface area (Å²) in [5, 5.41) is 13.2. The fourth-order valence-corrected chi connectivity index (χ4v) is 4.60. The summed E-state index contributed by atoms with van der Waals surface area (Å²) in [6.45, 7) is 4.95. The molecule has 6 nitrogen and oxygen atoms in total. The Hall–Kier alpha value is -3.49. The number of carbonyl (C=O) groups excluding carboxylic acids is 1. The van der Waals surface area contributed by atoms with Crippen LogP contribution in [0.25, 0.3) is 10.9 Å². The molecule has 186 valence electrons. The number of ether oxygens (including phenoxy) is 2. The number of aromatic nitrogens is 1. The lowest BCUT2D eigenvalue weighted by Crippen LogP contribution is -2.38. The highest BCUT2D eigenvalue weighted by Crippen LogP contribution is 2.43. The SMILES string of the molecule is CCCc1c(OCCCn2cc(CC)c3cc(C(=O)OC)ccc32)ccc2c1[N+]([O-])=C2C(F)(F)F. The quantitative estimate of drug-likeness (QED) is 0.162. The molecule has 35 heavy (non-hydrogen) atoms. The first kappa shape index (κ1) is 24.6. The third-order valence-corrected chi connectivity index (χ3v) is 6.24. The average Bonchev–Trinajstić information content (AvgIpc) is 3.17. The maximum Gasteiger partial charge on any atom is 0.479 e. The summed E-state index contributed by atoms with van der Waals surface area (Å²) in [7, 11) is 1.35. The zero-order valence-electron chi connectivity index (χ0n) is 19.9. The first-order chi connectivity index (χ1) is 16.7. The summed E-state index contributed by atoms with van der Waals surface area (Å²) >= 11 is 0. The third kappa shape index (κ3) is 4.47. The molecule has 0 spiro atoms. The van der Waals surface area contributed by atoms with Gasteiger partial charge in [0.25, 0.3) is 0 Å². The van der Waals surface area contributed by atoms with E-state index >= 15 is 0 Å². The zero-order chi connectivity index (χ0) is 25.3. The molecule has 0 fully saturated rings. The van der Waals surface area contributed by atoms with E-state index in [1.54, 1.807) is 6.07 Å². The molecule has 0 bridgehead atoms. The number of benzene rings is 2. The number of hydrogen-bond acceptors (Lipinski definition) is 4. The Morgan fingerprint density at radius 3 is 2.60 bits per heavy atom. The number of aryl methyl sites for hydroxylation is 2. The van der Waals surface area contributed by atoms with Gasteiger partial charge in [0.2, 0.25) is 5.69 Å². The zero-order valence-corrected chi connectivity index (χ0v) is 19.9. The molecule has 9 heteroatoms. The highest BCUT2D eigenvalue weighted by molar-refractivity contribution is 6.10. The first-order valence-electron chi connectivity index (χ1n) is 11.6. The summed E-state index contributed by atoms with van der Waals surface area (Å²) in [6, 6.07) is 8.31. The summed E-state index contributed by atoms with van der Waals surface area (Å²) in [5.74, 6) is 0.0649. The van der Waals surface area contributed by atoms with Crippen molar-refractivity contribution in [2.75, 3.05) is 13.7 Å². The van der Waals surface area contributed by atoms with Crippen molar-refractivity contribution >= 4 is 28.3 Å². The average molecular weight is 489 g/mol. The molecule has 0 atom stereocenters. The van der Waals surface area contributed by atoms with Crippen LogP contribution in [0.5, 0.6) is 5.75 Å². The van der Waals surface area contributed by atoms with Gasteiger partial charge in [-0.2, -0.15) is 17.9 Å². The smallest absolute Gasteiger partial charge is 0.479 e. The van der Waals surface area contributed by atoms with E-state index in [2.05, 4.69) is 17.7 Å². The molecule has 2 heterocycles. The molecule has 3 aromatic rings. The minimum absolute atomic E-state index is 0.0198. The lowest BCUT2D eigenvalue weighted by molar-refractivity contribution is -0.388. The van der Waals surface area contributed by atoms with Crippen molar-refractivity contribution in [2.45, 2.75) is 52.3 Å². The van der Waals surface area contributed by atoms with Gasteiger partial charge in [0.1, 0.15) is 11.3 Å². The molecule has 1 aliphatic rings. The molecular weight excluding hydrogens is 461 g/mol. The number of halogens is 3. The van der Waals surface area contributed by atoms with Crippen molar-refractivity contribution in [1.29, 1.82) is 0 Å². The Morgan fingerprint density at radius 1 is 1.17 bits per heavy atom. The molecule has 0 saturated heterocycles. The number of methoxy groups -OCH3 is 1. The highest BCUT2D eigenvalue weighted by atomic mass is 19.4. The minimum atomic E-state index is -4.69. The van der Waals surface area contributed by atoms with Crippen molar-refractivity contribution in [3.05, 3.63) is 64.0 Å². The monoisotopic (exact) mass is 488 g/mol. The molecule has 1 aliphatic heterocycles. The number of carbonyl (C=O) groups is 1. The molecule has 4 rings (SSSR count). The fraction of sp³-hybridized carbons (Fsp3) is 0.385. The van der Waals surface area contributed by atoms with Gasteiger partial charge in [-0.05, 0) is 55.2 Å². The fourth-order valence-electron chi connectivity index (χ4n) is 4.60. The second kappa shape index (κ2) is 9.64. The van der Waals surface area contributed by atoms with Crippen LogP contribution in [0.15, 0.2) is 36.5 Å². The topological polar surface area (TPSA) is 66.5 Å². The van der Waals surface area contributed by atoms with Crippen molar-refractivity contribution < 1.29 is 32.2 Å². The van der Waals surface area contributed by atoms with E-state index in [0.717, 1.165) is 22.9 Å². The van der Waals surface area contributed by atoms with E-state index in [4.69, 9.17) is 9.47 Å². The number of alkyl halides is 3. The van der Waals surface area contributed by atoms with Crippen LogP contribution in [0.2, 0.25) is 0 Å². The van der Waals surface area contributed by atoms with Gasteiger partial charge in [-0.25, -0.2) is 4.79 Å². The number of nitrogens with zero attached hydrogens (tertiary/aromatic N) is 2. The highest BCUT2D eigenvalue weighted by Gasteiger charge is 2.53. The number of esters is 1. The first-order valence-corrected chi connectivity index (χ1v) is 11.6. The van der Waals surface area contributed by atoms with Crippen LogP contribution >= 0.6 is 0 Å². The Morgan fingerprint density at radius 2 is 1.94 bits per heavy atom. The van der Waals surface area contributed by atoms with Crippen LogP contribution < -0.4 is 4.74 Å². The minimum Gasteiger partial charge on any atom is -0.618 e. The lowest BCUT2D eigenvalue weighted by atomic mass is 9.94. The predicted molar refractivity (Wildman–Crippen MR) is 127 cm³/mol. The van der Waals surface area contributed by atoms with Crippen molar-refractivity contribution in [3.8, 4) is 5.75 Å². The van der Waals surface area contributed by atoms with Gasteiger partial charge in [0, 0.05) is 23.6 Å². The number of hydrogen-bond donors (Lipinski definition) is 0. The largest absolute Gasteiger partial charge is 0.618 e. The van der Waals surface area contributed by atoms with Gasteiger partial charge in [0.05, 0.1) is 24.8 Å². The van der Waals surface area contributed by atoms with Crippen LogP contribution in [0.4, 0.5) is 18.9 Å². The summed E-state index contributed by atoms with van der Waals surface area (Å²) < 4.78 is 52.3. The molecule has 0 aliphatic carbocycles. The van der Waals surface area contributed by atoms with Crippen molar-refractivity contribution in [2.24, 2.45) is 0 Å². The van der Waals surface area contributed by atoms with Crippen LogP contribution in [-0.4, -0.2) is 40.9 Å². The van der Waals surface area contributed by atoms with E-state index in [1.165, 1.54) is 19.2 Å². The van der Waals surface area contributed by atoms with E-state index in [9.17, 15) is 23.2 Å². The standard InChI is InChI=1S/C26H27F3N2O4/c1-4-7-18-22(11-9-19-23(18)31(33)24(19)26(27,28)29)35-13-6-12-30-15-16(5-2)20-14-17(25(32)34-3)8-10-21(20)30/h8-11,14-15H,4-7,12-13H2,1-3H3. The molecular formula is C26H27F3N2O4. The van der Waals surface area contributed by atoms with Gasteiger partial charge in [0.15, 0.2) is 0 Å². The molecule has 1 aromatic heterocycles. The Kier molecular flexibility index (Phi) is 6.78. The third-order valence-electron chi connectivity index (χ3n) is 6.24. The van der Waals surface area contributed by atoms with Crippen LogP contribution in [0, 0.1) is 5.21 Å². The van der Waals surface area contributed by atoms with E-state index in [-0.39, 0.29) is 22.0 Å². The second-order valence-electron chi connectivity index (χ2n) is 8.46. The van der Waals surface area contributed by atoms with Gasteiger partial charge in [-0.1, -0.05) is 20.3 Å². The maximum absolute atomic E-state index is 13.1. The molecule has 0 N–H and O–H groups in total. The lowest BCUT2D eigenvalue weighted by Gasteiger charge is -2.25. The molecule has 0 unspecified atom stereocenters. The van der Waals surface area contributed by atoms with Crippen LogP contribution in [0.3, 0.4) is 0 Å². The normalized spacial score (nSPS) is 13.1. The summed E-state index contributed by atoms with van der Waals surface area (Å²) in [4.78, 5) is 11.9.